The maximum absolute atomic E-state index is 13.4. The molecule has 0 amide bonds. The number of hydrogen-bond acceptors (Lipinski definition) is 3. The minimum Gasteiger partial charge on any atom is -0.338 e. The predicted molar refractivity (Wildman–Crippen MR) is 102 cm³/mol. The van der Waals surface area contributed by atoms with E-state index < -0.39 is 29.0 Å². The van der Waals surface area contributed by atoms with E-state index in [9.17, 15) is 26.3 Å². The molecule has 2 aromatic carbocycles. The number of aromatic nitrogens is 4. The number of rotatable bonds is 2. The Morgan fingerprint density at radius 2 is 1.42 bits per heavy atom. The summed E-state index contributed by atoms with van der Waals surface area (Å²) in [4.78, 5) is 6.50. The fourth-order valence-electron chi connectivity index (χ4n) is 3.12. The van der Waals surface area contributed by atoms with E-state index in [2.05, 4.69) is 20.2 Å². The lowest BCUT2D eigenvalue weighted by Crippen LogP contribution is -2.11. The van der Waals surface area contributed by atoms with E-state index in [1.165, 1.54) is 0 Å². The molecule has 0 fully saturated rings. The lowest BCUT2D eigenvalue weighted by molar-refractivity contribution is -0.142. The number of aryl methyl sites for hydroxylation is 2. The van der Waals surface area contributed by atoms with Crippen LogP contribution in [0.1, 0.15) is 22.4 Å². The zero-order valence-electron chi connectivity index (χ0n) is 16.2. The number of alkyl halides is 6. The number of aromatic amines is 1. The maximum Gasteiger partial charge on any atom is 0.418 e. The highest BCUT2D eigenvalue weighted by Crippen LogP contribution is 2.40. The van der Waals surface area contributed by atoms with Crippen molar-refractivity contribution in [2.24, 2.45) is 0 Å². The van der Waals surface area contributed by atoms with Gasteiger partial charge in [-0.1, -0.05) is 24.3 Å². The van der Waals surface area contributed by atoms with Gasteiger partial charge in [-0.2, -0.15) is 36.5 Å². The van der Waals surface area contributed by atoms with Crippen LogP contribution in [0.3, 0.4) is 0 Å². The molecule has 160 valence electrons. The molecule has 10 heteroatoms. The quantitative estimate of drug-likeness (QED) is 0.373. The molecule has 0 unspecified atom stereocenters. The second-order valence-corrected chi connectivity index (χ2v) is 7.08. The van der Waals surface area contributed by atoms with Gasteiger partial charge >= 0.3 is 12.4 Å². The summed E-state index contributed by atoms with van der Waals surface area (Å²) >= 11 is 0. The highest BCUT2D eigenvalue weighted by atomic mass is 19.4. The molecular weight excluding hydrogens is 422 g/mol. The first-order valence-electron chi connectivity index (χ1n) is 9.03. The van der Waals surface area contributed by atoms with Crippen LogP contribution >= 0.6 is 0 Å². The first-order valence-corrected chi connectivity index (χ1v) is 9.03. The summed E-state index contributed by atoms with van der Waals surface area (Å²) in [5, 5.41) is 8.17. The Bertz CT molecular complexity index is 1270. The highest BCUT2D eigenvalue weighted by Gasteiger charge is 2.39. The smallest absolute Gasteiger partial charge is 0.338 e. The third-order valence-electron chi connectivity index (χ3n) is 4.91. The normalized spacial score (nSPS) is 12.5. The third-order valence-corrected chi connectivity index (χ3v) is 4.91. The second-order valence-electron chi connectivity index (χ2n) is 7.08. The summed E-state index contributed by atoms with van der Waals surface area (Å²) in [5.74, 6) is 0.0255. The van der Waals surface area contributed by atoms with Crippen molar-refractivity contribution in [1.29, 1.82) is 0 Å². The van der Waals surface area contributed by atoms with E-state index >= 15 is 0 Å². The van der Waals surface area contributed by atoms with Crippen molar-refractivity contribution in [3.63, 3.8) is 0 Å². The summed E-state index contributed by atoms with van der Waals surface area (Å²) in [6.45, 7) is 3.72. The fraction of sp³-hybridized carbons (Fsp3) is 0.190. The summed E-state index contributed by atoms with van der Waals surface area (Å²) in [5.41, 5.74) is -0.251. The zero-order chi connectivity index (χ0) is 22.6. The number of halogens is 6. The Balaban J connectivity index is 1.78. The van der Waals surface area contributed by atoms with Gasteiger partial charge in [-0.25, -0.2) is 4.98 Å². The molecule has 0 bridgehead atoms. The van der Waals surface area contributed by atoms with Crippen LogP contribution in [0.4, 0.5) is 26.3 Å². The lowest BCUT2D eigenvalue weighted by atomic mass is 10.1. The van der Waals surface area contributed by atoms with Gasteiger partial charge < -0.3 is 4.98 Å². The van der Waals surface area contributed by atoms with Gasteiger partial charge in [0.05, 0.1) is 28.0 Å². The average molecular weight is 436 g/mol. The molecule has 4 nitrogen and oxygen atoms in total. The van der Waals surface area contributed by atoms with E-state index in [0.29, 0.717) is 17.3 Å². The minimum absolute atomic E-state index is 0.0255. The SMILES string of the molecule is Cc1cc(-c2ccc(-c3nc4c(C(F)(F)F)cc(C(F)(F)F)cc4[nH]3)cc2)nnc1C. The first kappa shape index (κ1) is 20.8. The lowest BCUT2D eigenvalue weighted by Gasteiger charge is -2.11. The summed E-state index contributed by atoms with van der Waals surface area (Å²) in [7, 11) is 0. The Labute approximate surface area is 172 Å². The Kier molecular flexibility index (Phi) is 4.75. The van der Waals surface area contributed by atoms with Gasteiger partial charge in [0.1, 0.15) is 11.3 Å². The molecule has 0 aliphatic heterocycles. The largest absolute Gasteiger partial charge is 0.418 e. The number of H-pyrrole nitrogens is 1. The van der Waals surface area contributed by atoms with Gasteiger partial charge in [0.2, 0.25) is 0 Å². The summed E-state index contributed by atoms with van der Waals surface area (Å²) < 4.78 is 79.3. The van der Waals surface area contributed by atoms with Crippen LogP contribution < -0.4 is 0 Å². The van der Waals surface area contributed by atoms with E-state index in [4.69, 9.17) is 0 Å². The molecule has 4 rings (SSSR count). The van der Waals surface area contributed by atoms with Gasteiger partial charge in [0, 0.05) is 11.1 Å². The topological polar surface area (TPSA) is 54.5 Å². The van der Waals surface area contributed by atoms with Crippen molar-refractivity contribution in [3.8, 4) is 22.6 Å². The Morgan fingerprint density at radius 1 is 0.774 bits per heavy atom. The van der Waals surface area contributed by atoms with Crippen LogP contribution in [-0.4, -0.2) is 20.2 Å². The number of hydrogen-bond donors (Lipinski definition) is 1. The van der Waals surface area contributed by atoms with Crippen molar-refractivity contribution < 1.29 is 26.3 Å². The first-order chi connectivity index (χ1) is 14.4. The Hall–Kier alpha value is -3.43. The van der Waals surface area contributed by atoms with Gasteiger partial charge in [0.15, 0.2) is 0 Å². The Morgan fingerprint density at radius 3 is 2.00 bits per heavy atom. The van der Waals surface area contributed by atoms with Crippen molar-refractivity contribution >= 4 is 11.0 Å². The van der Waals surface area contributed by atoms with Crippen molar-refractivity contribution in [2.45, 2.75) is 26.2 Å². The maximum atomic E-state index is 13.4. The van der Waals surface area contributed by atoms with Crippen LogP contribution in [0.25, 0.3) is 33.7 Å². The van der Waals surface area contributed by atoms with Crippen molar-refractivity contribution in [2.75, 3.05) is 0 Å². The number of nitrogens with one attached hydrogen (secondary N) is 1. The predicted octanol–water partition coefficient (Wildman–Crippen LogP) is 6.34. The second kappa shape index (κ2) is 7.07. The van der Waals surface area contributed by atoms with Crippen LogP contribution in [0, 0.1) is 13.8 Å². The third kappa shape index (κ3) is 3.97. The monoisotopic (exact) mass is 436 g/mol. The average Bonchev–Trinajstić information content (AvgIpc) is 3.12. The molecule has 0 aliphatic carbocycles. The summed E-state index contributed by atoms with van der Waals surface area (Å²) in [6.07, 6.45) is -9.91. The molecule has 0 saturated heterocycles. The van der Waals surface area contributed by atoms with Gasteiger partial charge in [-0.05, 0) is 37.6 Å². The van der Waals surface area contributed by atoms with Crippen LogP contribution in [0.15, 0.2) is 42.5 Å². The molecule has 31 heavy (non-hydrogen) atoms. The van der Waals surface area contributed by atoms with E-state index in [1.807, 2.05) is 19.9 Å². The molecule has 0 spiro atoms. The van der Waals surface area contributed by atoms with Gasteiger partial charge in [-0.15, -0.1) is 0 Å². The van der Waals surface area contributed by atoms with E-state index in [1.54, 1.807) is 24.3 Å². The number of nitrogens with zero attached hydrogens (tertiary/aromatic N) is 3. The molecule has 1 N–H and O–H groups in total. The van der Waals surface area contributed by atoms with Gasteiger partial charge in [0.25, 0.3) is 0 Å². The summed E-state index contributed by atoms with van der Waals surface area (Å²) in [6, 6.07) is 9.13. The van der Waals surface area contributed by atoms with Gasteiger partial charge in [-0.3, -0.25) is 0 Å². The van der Waals surface area contributed by atoms with Crippen LogP contribution in [0.5, 0.6) is 0 Å². The molecule has 0 aliphatic rings. The molecule has 2 aromatic heterocycles. The van der Waals surface area contributed by atoms with Crippen LogP contribution in [0.2, 0.25) is 0 Å². The van der Waals surface area contributed by atoms with Crippen LogP contribution in [-0.2, 0) is 12.4 Å². The highest BCUT2D eigenvalue weighted by molar-refractivity contribution is 5.84. The fourth-order valence-corrected chi connectivity index (χ4v) is 3.12. The minimum atomic E-state index is -4.99. The molecule has 0 saturated carbocycles. The molecule has 0 atom stereocenters. The molecular formula is C21H14F6N4. The number of fused-ring (bicyclic) bond motifs is 1. The number of imidazole rings is 1. The van der Waals surface area contributed by atoms with Crippen molar-refractivity contribution in [1.82, 2.24) is 20.2 Å². The standard InChI is InChI=1S/C21H14F6N4/c1-10-7-16(31-30-11(10)2)12-3-5-13(6-4-12)19-28-17-9-14(20(22,23)24)8-15(18(17)29-19)21(25,26)27/h3-9H,1-2H3,(H,28,29). The zero-order valence-corrected chi connectivity index (χ0v) is 16.2. The van der Waals surface area contributed by atoms with E-state index in [-0.39, 0.29) is 17.4 Å². The van der Waals surface area contributed by atoms with Crippen molar-refractivity contribution in [3.05, 3.63) is 64.8 Å². The molecule has 4 aromatic rings. The molecule has 2 heterocycles. The van der Waals surface area contributed by atoms with E-state index in [0.717, 1.165) is 16.8 Å². The number of benzene rings is 2. The molecule has 0 radical (unpaired) electrons.